The molecule has 5 N–H and O–H groups in total. The maximum Gasteiger partial charge on any atom is 0.339 e. The monoisotopic (exact) mass is 305 g/mol. The van der Waals surface area contributed by atoms with Crippen molar-refractivity contribution in [2.75, 3.05) is 16.4 Å². The van der Waals surface area contributed by atoms with E-state index in [0.29, 0.717) is 11.4 Å². The van der Waals surface area contributed by atoms with Gasteiger partial charge in [0.25, 0.3) is 0 Å². The van der Waals surface area contributed by atoms with Gasteiger partial charge in [0.15, 0.2) is 0 Å². The van der Waals surface area contributed by atoms with Crippen molar-refractivity contribution in [1.29, 1.82) is 0 Å². The second kappa shape index (κ2) is 6.15. The smallest absolute Gasteiger partial charge is 0.339 e. The minimum absolute atomic E-state index is 0.0412. The topological polar surface area (TPSA) is 104 Å². The third kappa shape index (κ3) is 3.43. The van der Waals surface area contributed by atoms with E-state index in [9.17, 15) is 9.59 Å². The number of para-hydroxylation sites is 2. The Morgan fingerprint density at radius 3 is 2.29 bits per heavy atom. The molecule has 0 unspecified atom stereocenters. The van der Waals surface area contributed by atoms with Gasteiger partial charge < -0.3 is 21.5 Å². The Morgan fingerprint density at radius 2 is 1.62 bits per heavy atom. The number of nitrogens with two attached hydrogens (primary N) is 1. The molecule has 0 spiro atoms. The van der Waals surface area contributed by atoms with Crippen molar-refractivity contribution in [3.05, 3.63) is 53.1 Å². The zero-order chi connectivity index (χ0) is 15.4. The number of amides is 2. The summed E-state index contributed by atoms with van der Waals surface area (Å²) < 4.78 is 0. The first-order chi connectivity index (χ1) is 9.99. The maximum atomic E-state index is 11.9. The summed E-state index contributed by atoms with van der Waals surface area (Å²) in [6, 6.07) is 10.5. The van der Waals surface area contributed by atoms with Crippen molar-refractivity contribution in [3.63, 3.8) is 0 Å². The molecule has 2 rings (SSSR count). The molecule has 21 heavy (non-hydrogen) atoms. The van der Waals surface area contributed by atoms with E-state index in [2.05, 4.69) is 10.6 Å². The van der Waals surface area contributed by atoms with Gasteiger partial charge in [0.2, 0.25) is 0 Å². The van der Waals surface area contributed by atoms with Crippen LogP contribution in [0.25, 0.3) is 0 Å². The Kier molecular flexibility index (Phi) is 4.30. The summed E-state index contributed by atoms with van der Waals surface area (Å²) in [5.41, 5.74) is 6.46. The van der Waals surface area contributed by atoms with E-state index in [4.69, 9.17) is 22.4 Å². The minimum Gasteiger partial charge on any atom is -0.478 e. The van der Waals surface area contributed by atoms with Gasteiger partial charge in [-0.2, -0.15) is 0 Å². The van der Waals surface area contributed by atoms with E-state index in [1.54, 1.807) is 30.3 Å². The fourth-order valence-corrected chi connectivity index (χ4v) is 1.99. The van der Waals surface area contributed by atoms with Crippen LogP contribution in [0.2, 0.25) is 5.02 Å². The summed E-state index contributed by atoms with van der Waals surface area (Å²) in [5, 5.41) is 14.1. The van der Waals surface area contributed by atoms with Gasteiger partial charge in [-0.3, -0.25) is 0 Å². The highest BCUT2D eigenvalue weighted by atomic mass is 35.5. The number of benzene rings is 2. The predicted molar refractivity (Wildman–Crippen MR) is 81.9 cm³/mol. The number of hydrogen-bond acceptors (Lipinski definition) is 3. The Morgan fingerprint density at radius 1 is 1.00 bits per heavy atom. The average molecular weight is 306 g/mol. The molecular weight excluding hydrogens is 294 g/mol. The summed E-state index contributed by atoms with van der Waals surface area (Å²) >= 11 is 5.82. The molecule has 0 fully saturated rings. The van der Waals surface area contributed by atoms with Crippen molar-refractivity contribution in [2.45, 2.75) is 0 Å². The second-order valence-electron chi connectivity index (χ2n) is 4.13. The molecule has 0 radical (unpaired) electrons. The predicted octanol–water partition coefficient (Wildman–Crippen LogP) is 3.26. The molecule has 0 atom stereocenters. The fraction of sp³-hybridized carbons (Fsp3) is 0. The van der Waals surface area contributed by atoms with Crippen LogP contribution in [0.3, 0.4) is 0 Å². The molecule has 0 heterocycles. The number of anilines is 3. The van der Waals surface area contributed by atoms with Crippen LogP contribution in [0.5, 0.6) is 0 Å². The lowest BCUT2D eigenvalue weighted by Crippen LogP contribution is -2.21. The Labute approximate surface area is 125 Å². The molecule has 0 aliphatic carbocycles. The Balaban J connectivity index is 2.19. The molecule has 0 aromatic heterocycles. The molecule has 0 aliphatic heterocycles. The van der Waals surface area contributed by atoms with Gasteiger partial charge in [-0.05, 0) is 24.3 Å². The van der Waals surface area contributed by atoms with E-state index in [1.807, 2.05) is 0 Å². The van der Waals surface area contributed by atoms with Crippen LogP contribution in [0, 0.1) is 0 Å². The highest BCUT2D eigenvalue weighted by molar-refractivity contribution is 6.34. The second-order valence-corrected chi connectivity index (χ2v) is 4.54. The molecular formula is C14H12ClN3O3. The first kappa shape index (κ1) is 14.7. The van der Waals surface area contributed by atoms with Crippen LogP contribution in [-0.4, -0.2) is 17.1 Å². The van der Waals surface area contributed by atoms with Gasteiger partial charge in [0.05, 0.1) is 22.1 Å². The van der Waals surface area contributed by atoms with E-state index in [1.165, 1.54) is 12.1 Å². The van der Waals surface area contributed by atoms with Crippen LogP contribution in [0.1, 0.15) is 10.4 Å². The van der Waals surface area contributed by atoms with Crippen LogP contribution in [0.4, 0.5) is 21.9 Å². The molecule has 0 saturated heterocycles. The summed E-state index contributed by atoms with van der Waals surface area (Å²) in [6.07, 6.45) is 0. The SMILES string of the molecule is Nc1ccccc1NC(=O)Nc1cccc(Cl)c1C(=O)O. The third-order valence-electron chi connectivity index (χ3n) is 2.68. The molecule has 2 aromatic carbocycles. The summed E-state index contributed by atoms with van der Waals surface area (Å²) in [5.74, 6) is -1.23. The molecule has 0 saturated carbocycles. The largest absolute Gasteiger partial charge is 0.478 e. The number of halogens is 1. The lowest BCUT2D eigenvalue weighted by molar-refractivity contribution is 0.0698. The van der Waals surface area contributed by atoms with Crippen LogP contribution in [-0.2, 0) is 0 Å². The first-order valence-corrected chi connectivity index (χ1v) is 6.31. The van der Waals surface area contributed by atoms with Gasteiger partial charge in [-0.25, -0.2) is 9.59 Å². The highest BCUT2D eigenvalue weighted by Gasteiger charge is 2.16. The van der Waals surface area contributed by atoms with Gasteiger partial charge in [-0.1, -0.05) is 29.8 Å². The normalized spacial score (nSPS) is 9.95. The van der Waals surface area contributed by atoms with Gasteiger partial charge in [0.1, 0.15) is 5.56 Å². The Bertz CT molecular complexity index is 704. The van der Waals surface area contributed by atoms with Crippen molar-refractivity contribution < 1.29 is 14.7 Å². The first-order valence-electron chi connectivity index (χ1n) is 5.93. The number of urea groups is 1. The van der Waals surface area contributed by atoms with E-state index in [0.717, 1.165) is 0 Å². The number of carboxylic acids is 1. The van der Waals surface area contributed by atoms with Crippen molar-refractivity contribution in [1.82, 2.24) is 0 Å². The molecule has 108 valence electrons. The molecule has 2 amide bonds. The molecule has 2 aromatic rings. The number of nitrogens with one attached hydrogen (secondary N) is 2. The van der Waals surface area contributed by atoms with E-state index in [-0.39, 0.29) is 16.3 Å². The van der Waals surface area contributed by atoms with Gasteiger partial charge in [0, 0.05) is 0 Å². The van der Waals surface area contributed by atoms with Crippen molar-refractivity contribution >= 4 is 40.7 Å². The number of carbonyl (C=O) groups excluding carboxylic acids is 1. The van der Waals surface area contributed by atoms with Crippen LogP contribution in [0.15, 0.2) is 42.5 Å². The summed E-state index contributed by atoms with van der Waals surface area (Å²) in [6.45, 7) is 0. The number of aromatic carboxylic acids is 1. The maximum absolute atomic E-state index is 11.9. The zero-order valence-corrected chi connectivity index (χ0v) is 11.5. The zero-order valence-electron chi connectivity index (χ0n) is 10.8. The van der Waals surface area contributed by atoms with Crippen LogP contribution >= 0.6 is 11.6 Å². The third-order valence-corrected chi connectivity index (χ3v) is 3.00. The lowest BCUT2D eigenvalue weighted by atomic mass is 10.2. The van der Waals surface area contributed by atoms with Crippen LogP contribution < -0.4 is 16.4 Å². The van der Waals surface area contributed by atoms with Gasteiger partial charge >= 0.3 is 12.0 Å². The van der Waals surface area contributed by atoms with Crippen molar-refractivity contribution in [3.8, 4) is 0 Å². The fourth-order valence-electron chi connectivity index (χ4n) is 1.73. The standard InChI is InChI=1S/C14H12ClN3O3/c15-8-4-3-7-11(12(8)13(19)20)18-14(21)17-10-6-2-1-5-9(10)16/h1-7H,16H2,(H,19,20)(H2,17,18,21). The highest BCUT2D eigenvalue weighted by Crippen LogP contribution is 2.25. The number of hydrogen-bond donors (Lipinski definition) is 4. The Hall–Kier alpha value is -2.73. The molecule has 7 heteroatoms. The number of carbonyl (C=O) groups is 2. The molecule has 6 nitrogen and oxygen atoms in total. The number of nitrogen functional groups attached to an aromatic ring is 1. The lowest BCUT2D eigenvalue weighted by Gasteiger charge is -2.12. The summed E-state index contributed by atoms with van der Waals surface area (Å²) in [7, 11) is 0. The summed E-state index contributed by atoms with van der Waals surface area (Å²) in [4.78, 5) is 23.1. The average Bonchev–Trinajstić information content (AvgIpc) is 2.41. The van der Waals surface area contributed by atoms with E-state index < -0.39 is 12.0 Å². The van der Waals surface area contributed by atoms with Gasteiger partial charge in [-0.15, -0.1) is 0 Å². The van der Waals surface area contributed by atoms with Crippen molar-refractivity contribution in [2.24, 2.45) is 0 Å². The number of carboxylic acid groups (broad SMARTS) is 1. The van der Waals surface area contributed by atoms with E-state index >= 15 is 0 Å². The number of rotatable bonds is 3. The quantitative estimate of drug-likeness (QED) is 0.653. The molecule has 0 bridgehead atoms. The minimum atomic E-state index is -1.23. The molecule has 0 aliphatic rings.